The minimum Gasteiger partial charge on any atom is -0.340 e. The van der Waals surface area contributed by atoms with Gasteiger partial charge in [0, 0.05) is 31.1 Å². The highest BCUT2D eigenvalue weighted by Gasteiger charge is 2.38. The van der Waals surface area contributed by atoms with Gasteiger partial charge in [0.05, 0.1) is 6.54 Å². The molecule has 0 bridgehead atoms. The van der Waals surface area contributed by atoms with Gasteiger partial charge in [0.25, 0.3) is 0 Å². The summed E-state index contributed by atoms with van der Waals surface area (Å²) in [6.07, 6.45) is 2.24. The minimum atomic E-state index is 0.248. The van der Waals surface area contributed by atoms with Crippen molar-refractivity contribution in [2.75, 3.05) is 33.7 Å². The molecule has 3 rings (SSSR count). The Kier molecular flexibility index (Phi) is 4.27. The Hall–Kier alpha value is -1.39. The molecule has 4 heteroatoms. The topological polar surface area (TPSA) is 35.6 Å². The van der Waals surface area contributed by atoms with Gasteiger partial charge in [-0.15, -0.1) is 0 Å². The standard InChI is InChI=1S/C17H25N3O/c1-19(2)14-8-9-20(12-14)17(21)11-18-16-10-15(16)13-6-4-3-5-7-13/h3-7,14-16,18H,8-12H2,1-2H3/t14-,15+,16-/m1/s1. The van der Waals surface area contributed by atoms with E-state index in [2.05, 4.69) is 48.6 Å². The van der Waals surface area contributed by atoms with Gasteiger partial charge >= 0.3 is 0 Å². The molecule has 2 fully saturated rings. The third kappa shape index (κ3) is 3.44. The molecule has 0 unspecified atom stereocenters. The molecule has 21 heavy (non-hydrogen) atoms. The first kappa shape index (κ1) is 14.5. The second-order valence-electron chi connectivity index (χ2n) is 6.49. The van der Waals surface area contributed by atoms with Crippen molar-refractivity contribution >= 4 is 5.91 Å². The summed E-state index contributed by atoms with van der Waals surface area (Å²) in [6.45, 7) is 2.25. The molecule has 1 saturated heterocycles. The van der Waals surface area contributed by atoms with Crippen molar-refractivity contribution in [2.45, 2.75) is 30.8 Å². The van der Waals surface area contributed by atoms with Gasteiger partial charge in [-0.3, -0.25) is 4.79 Å². The summed E-state index contributed by atoms with van der Waals surface area (Å²) in [6, 6.07) is 11.6. The fourth-order valence-electron chi connectivity index (χ4n) is 3.21. The van der Waals surface area contributed by atoms with Crippen LogP contribution in [0.15, 0.2) is 30.3 Å². The second-order valence-corrected chi connectivity index (χ2v) is 6.49. The maximum atomic E-state index is 12.2. The Morgan fingerprint density at radius 3 is 2.76 bits per heavy atom. The number of nitrogens with one attached hydrogen (secondary N) is 1. The third-order valence-electron chi connectivity index (χ3n) is 4.78. The first-order chi connectivity index (χ1) is 10.1. The summed E-state index contributed by atoms with van der Waals surface area (Å²) < 4.78 is 0. The fraction of sp³-hybridized carbons (Fsp3) is 0.588. The van der Waals surface area contributed by atoms with E-state index < -0.39 is 0 Å². The van der Waals surface area contributed by atoms with Crippen molar-refractivity contribution in [1.29, 1.82) is 0 Å². The lowest BCUT2D eigenvalue weighted by molar-refractivity contribution is -0.129. The number of benzene rings is 1. The van der Waals surface area contributed by atoms with Crippen LogP contribution in [0.1, 0.15) is 24.3 Å². The van der Waals surface area contributed by atoms with Crippen LogP contribution in [-0.2, 0) is 4.79 Å². The first-order valence-corrected chi connectivity index (χ1v) is 7.87. The van der Waals surface area contributed by atoms with Gasteiger partial charge in [0.15, 0.2) is 0 Å². The van der Waals surface area contributed by atoms with E-state index in [1.807, 2.05) is 11.0 Å². The lowest BCUT2D eigenvalue weighted by atomic mass is 10.1. The Bertz CT molecular complexity index is 488. The largest absolute Gasteiger partial charge is 0.340 e. The molecule has 0 radical (unpaired) electrons. The van der Waals surface area contributed by atoms with E-state index in [-0.39, 0.29) is 5.91 Å². The van der Waals surface area contributed by atoms with E-state index in [0.717, 1.165) is 25.9 Å². The van der Waals surface area contributed by atoms with Crippen molar-refractivity contribution in [2.24, 2.45) is 0 Å². The van der Waals surface area contributed by atoms with E-state index in [1.54, 1.807) is 0 Å². The van der Waals surface area contributed by atoms with E-state index >= 15 is 0 Å². The molecule has 1 heterocycles. The molecule has 3 atom stereocenters. The maximum absolute atomic E-state index is 12.2. The van der Waals surface area contributed by atoms with Gasteiger partial charge in [0.1, 0.15) is 0 Å². The molecular weight excluding hydrogens is 262 g/mol. The van der Waals surface area contributed by atoms with E-state index in [1.165, 1.54) is 5.56 Å². The quantitative estimate of drug-likeness (QED) is 0.886. The van der Waals surface area contributed by atoms with Gasteiger partial charge in [-0.25, -0.2) is 0 Å². The predicted octanol–water partition coefficient (Wildman–Crippen LogP) is 1.29. The number of carbonyl (C=O) groups is 1. The van der Waals surface area contributed by atoms with Crippen LogP contribution >= 0.6 is 0 Å². The second kappa shape index (κ2) is 6.16. The van der Waals surface area contributed by atoms with Crippen LogP contribution in [0.4, 0.5) is 0 Å². The van der Waals surface area contributed by atoms with Crippen LogP contribution < -0.4 is 5.32 Å². The number of likely N-dealkylation sites (tertiary alicyclic amines) is 1. The smallest absolute Gasteiger partial charge is 0.236 e. The van der Waals surface area contributed by atoms with Crippen molar-refractivity contribution < 1.29 is 4.79 Å². The molecule has 4 nitrogen and oxygen atoms in total. The molecule has 0 spiro atoms. The van der Waals surface area contributed by atoms with E-state index in [4.69, 9.17) is 0 Å². The predicted molar refractivity (Wildman–Crippen MR) is 84.3 cm³/mol. The van der Waals surface area contributed by atoms with Gasteiger partial charge in [-0.05, 0) is 32.5 Å². The zero-order chi connectivity index (χ0) is 14.8. The first-order valence-electron chi connectivity index (χ1n) is 7.87. The lowest BCUT2D eigenvalue weighted by Crippen LogP contribution is -2.39. The molecule has 114 valence electrons. The molecule has 1 saturated carbocycles. The van der Waals surface area contributed by atoms with Crippen LogP contribution in [0.3, 0.4) is 0 Å². The minimum absolute atomic E-state index is 0.248. The molecule has 1 aliphatic heterocycles. The number of hydrogen-bond donors (Lipinski definition) is 1. The summed E-state index contributed by atoms with van der Waals surface area (Å²) in [7, 11) is 4.18. The molecule has 1 aromatic carbocycles. The summed E-state index contributed by atoms with van der Waals surface area (Å²) in [5, 5.41) is 3.42. The van der Waals surface area contributed by atoms with Crippen molar-refractivity contribution in [1.82, 2.24) is 15.1 Å². The highest BCUT2D eigenvalue weighted by molar-refractivity contribution is 5.78. The Morgan fingerprint density at radius 1 is 1.33 bits per heavy atom. The average molecular weight is 287 g/mol. The van der Waals surface area contributed by atoms with Gasteiger partial charge in [-0.1, -0.05) is 30.3 Å². The van der Waals surface area contributed by atoms with Gasteiger partial charge < -0.3 is 15.1 Å². The number of hydrogen-bond acceptors (Lipinski definition) is 3. The van der Waals surface area contributed by atoms with Crippen LogP contribution in [0, 0.1) is 0 Å². The highest BCUT2D eigenvalue weighted by Crippen LogP contribution is 2.40. The number of nitrogens with zero attached hydrogens (tertiary/aromatic N) is 2. The number of amides is 1. The van der Waals surface area contributed by atoms with Crippen LogP contribution in [0.2, 0.25) is 0 Å². The molecule has 0 aromatic heterocycles. The van der Waals surface area contributed by atoms with Gasteiger partial charge in [-0.2, -0.15) is 0 Å². The van der Waals surface area contributed by atoms with Gasteiger partial charge in [0.2, 0.25) is 5.91 Å². The number of rotatable bonds is 5. The summed E-state index contributed by atoms with van der Waals surface area (Å²) in [5.41, 5.74) is 1.39. The average Bonchev–Trinajstić information content (AvgIpc) is 3.09. The van der Waals surface area contributed by atoms with E-state index in [9.17, 15) is 4.79 Å². The Morgan fingerprint density at radius 2 is 2.10 bits per heavy atom. The normalized spacial score (nSPS) is 28.1. The molecular formula is C17H25N3O. The van der Waals surface area contributed by atoms with Crippen LogP contribution in [0.5, 0.6) is 0 Å². The zero-order valence-electron chi connectivity index (χ0n) is 13.0. The van der Waals surface area contributed by atoms with Crippen molar-refractivity contribution in [3.8, 4) is 0 Å². The Balaban J connectivity index is 1.42. The molecule has 1 N–H and O–H groups in total. The zero-order valence-corrected chi connectivity index (χ0v) is 13.0. The lowest BCUT2D eigenvalue weighted by Gasteiger charge is -2.20. The van der Waals surface area contributed by atoms with Crippen molar-refractivity contribution in [3.05, 3.63) is 35.9 Å². The Labute approximate surface area is 127 Å². The summed E-state index contributed by atoms with van der Waals surface area (Å²) >= 11 is 0. The summed E-state index contributed by atoms with van der Waals surface area (Å²) in [5.74, 6) is 0.838. The van der Waals surface area contributed by atoms with Crippen molar-refractivity contribution in [3.63, 3.8) is 0 Å². The highest BCUT2D eigenvalue weighted by atomic mass is 16.2. The third-order valence-corrected chi connectivity index (χ3v) is 4.78. The molecule has 2 aliphatic rings. The number of carbonyl (C=O) groups excluding carboxylic acids is 1. The molecule has 1 aliphatic carbocycles. The van der Waals surface area contributed by atoms with Crippen LogP contribution in [-0.4, -0.2) is 61.5 Å². The molecule has 1 amide bonds. The fourth-order valence-corrected chi connectivity index (χ4v) is 3.21. The summed E-state index contributed by atoms with van der Waals surface area (Å²) in [4.78, 5) is 16.4. The van der Waals surface area contributed by atoms with Crippen LogP contribution in [0.25, 0.3) is 0 Å². The number of likely N-dealkylation sites (N-methyl/N-ethyl adjacent to an activating group) is 1. The SMILES string of the molecule is CN(C)[C@@H]1CCN(C(=O)CN[C@@H]2C[C@H]2c2ccccc2)C1. The monoisotopic (exact) mass is 287 g/mol. The molecule has 1 aromatic rings. The van der Waals surface area contributed by atoms with E-state index in [0.29, 0.717) is 24.5 Å². The maximum Gasteiger partial charge on any atom is 0.236 e.